The lowest BCUT2D eigenvalue weighted by molar-refractivity contribution is 0.0710. The van der Waals surface area contributed by atoms with Gasteiger partial charge in [-0.3, -0.25) is 4.79 Å². The highest BCUT2D eigenvalue weighted by Gasteiger charge is 2.27. The van der Waals surface area contributed by atoms with Gasteiger partial charge in [0.15, 0.2) is 0 Å². The summed E-state index contributed by atoms with van der Waals surface area (Å²) in [5, 5.41) is 0. The van der Waals surface area contributed by atoms with Crippen LogP contribution in [0.15, 0.2) is 36.7 Å². The first-order valence-corrected chi connectivity index (χ1v) is 9.67. The topological polar surface area (TPSA) is 50.6 Å². The van der Waals surface area contributed by atoms with Crippen LogP contribution in [0, 0.1) is 0 Å². The van der Waals surface area contributed by atoms with E-state index in [9.17, 15) is 4.79 Å². The number of benzene rings is 1. The van der Waals surface area contributed by atoms with Gasteiger partial charge in [-0.1, -0.05) is 6.07 Å². The van der Waals surface area contributed by atoms with E-state index in [2.05, 4.69) is 34.7 Å². The van der Waals surface area contributed by atoms with Crippen LogP contribution in [0.1, 0.15) is 41.4 Å². The summed E-state index contributed by atoms with van der Waals surface area (Å²) in [6, 6.07) is 7.39. The van der Waals surface area contributed by atoms with E-state index in [0.717, 1.165) is 51.2 Å². The molecule has 0 spiro atoms. The molecule has 1 saturated heterocycles. The molecule has 2 heterocycles. The summed E-state index contributed by atoms with van der Waals surface area (Å²) in [5.74, 6) is 2.40. The largest absolute Gasteiger partial charge is 0.497 e. The van der Waals surface area contributed by atoms with E-state index >= 15 is 0 Å². The summed E-state index contributed by atoms with van der Waals surface area (Å²) >= 11 is 0. The molecule has 146 valence electrons. The van der Waals surface area contributed by atoms with Crippen LogP contribution < -0.4 is 4.74 Å². The van der Waals surface area contributed by atoms with E-state index in [0.29, 0.717) is 11.5 Å². The predicted octanol–water partition coefficient (Wildman–Crippen LogP) is 2.86. The minimum absolute atomic E-state index is 0.0849. The number of likely N-dealkylation sites (tertiary alicyclic amines) is 1. The van der Waals surface area contributed by atoms with E-state index in [1.165, 1.54) is 5.82 Å². The molecule has 3 rings (SSSR count). The number of aromatic nitrogens is 2. The van der Waals surface area contributed by atoms with Gasteiger partial charge in [0.2, 0.25) is 0 Å². The molecule has 1 aliphatic rings. The molecular formula is C21H30N4O2. The minimum Gasteiger partial charge on any atom is -0.497 e. The Morgan fingerprint density at radius 1 is 1.30 bits per heavy atom. The summed E-state index contributed by atoms with van der Waals surface area (Å²) < 4.78 is 7.52. The molecule has 1 fully saturated rings. The number of ether oxygens (including phenoxy) is 1. The maximum atomic E-state index is 12.8. The highest BCUT2D eigenvalue weighted by molar-refractivity contribution is 5.94. The smallest absolute Gasteiger partial charge is 0.253 e. The normalized spacial score (nSPS) is 15.3. The number of hydrogen-bond acceptors (Lipinski definition) is 4. The van der Waals surface area contributed by atoms with Crippen molar-refractivity contribution in [2.45, 2.75) is 31.7 Å². The number of piperidine rings is 1. The summed E-state index contributed by atoms with van der Waals surface area (Å²) in [6.45, 7) is 3.61. The second-order valence-corrected chi connectivity index (χ2v) is 7.43. The van der Waals surface area contributed by atoms with Crippen molar-refractivity contribution in [1.29, 1.82) is 0 Å². The number of aryl methyl sites for hydroxylation is 1. The van der Waals surface area contributed by atoms with Crippen molar-refractivity contribution < 1.29 is 9.53 Å². The van der Waals surface area contributed by atoms with E-state index in [4.69, 9.17) is 4.74 Å². The minimum atomic E-state index is 0.0849. The molecule has 2 aromatic rings. The third-order valence-electron chi connectivity index (χ3n) is 5.22. The quantitative estimate of drug-likeness (QED) is 0.752. The molecule has 0 radical (unpaired) electrons. The first kappa shape index (κ1) is 19.4. The van der Waals surface area contributed by atoms with Crippen LogP contribution in [0.5, 0.6) is 5.75 Å². The molecule has 6 heteroatoms. The van der Waals surface area contributed by atoms with Gasteiger partial charge >= 0.3 is 0 Å². The first-order valence-electron chi connectivity index (χ1n) is 9.67. The number of hydrogen-bond donors (Lipinski definition) is 0. The van der Waals surface area contributed by atoms with Crippen LogP contribution in [-0.2, 0) is 6.54 Å². The number of nitrogens with zero attached hydrogens (tertiary/aromatic N) is 4. The molecule has 0 N–H and O–H groups in total. The highest BCUT2D eigenvalue weighted by Crippen LogP contribution is 2.28. The fraction of sp³-hybridized carbons (Fsp3) is 0.524. The lowest BCUT2D eigenvalue weighted by Crippen LogP contribution is -2.38. The molecule has 0 unspecified atom stereocenters. The Bertz CT molecular complexity index is 748. The lowest BCUT2D eigenvalue weighted by atomic mass is 9.95. The number of rotatable bonds is 7. The van der Waals surface area contributed by atoms with Crippen molar-refractivity contribution in [2.24, 2.45) is 0 Å². The van der Waals surface area contributed by atoms with Gasteiger partial charge in [-0.25, -0.2) is 4.98 Å². The summed E-state index contributed by atoms with van der Waals surface area (Å²) in [7, 11) is 5.82. The van der Waals surface area contributed by atoms with Crippen LogP contribution >= 0.6 is 0 Å². The molecule has 6 nitrogen and oxygen atoms in total. The van der Waals surface area contributed by atoms with Crippen molar-refractivity contribution >= 4 is 5.91 Å². The maximum Gasteiger partial charge on any atom is 0.253 e. The van der Waals surface area contributed by atoms with Crippen molar-refractivity contribution in [3.63, 3.8) is 0 Å². The van der Waals surface area contributed by atoms with Gasteiger partial charge in [-0.15, -0.1) is 0 Å². The average molecular weight is 370 g/mol. The van der Waals surface area contributed by atoms with Crippen molar-refractivity contribution in [3.8, 4) is 5.75 Å². The zero-order valence-corrected chi connectivity index (χ0v) is 16.6. The molecule has 0 saturated carbocycles. The van der Waals surface area contributed by atoms with Crippen molar-refractivity contribution in [1.82, 2.24) is 19.4 Å². The first-order chi connectivity index (χ1) is 13.1. The van der Waals surface area contributed by atoms with E-state index < -0.39 is 0 Å². The lowest BCUT2D eigenvalue weighted by Gasteiger charge is -2.32. The van der Waals surface area contributed by atoms with Crippen LogP contribution in [0.4, 0.5) is 0 Å². The molecule has 0 bridgehead atoms. The maximum absolute atomic E-state index is 12.8. The zero-order chi connectivity index (χ0) is 19.2. The Morgan fingerprint density at radius 3 is 2.78 bits per heavy atom. The van der Waals surface area contributed by atoms with Crippen LogP contribution in [0.2, 0.25) is 0 Å². The van der Waals surface area contributed by atoms with Gasteiger partial charge in [0.1, 0.15) is 11.6 Å². The van der Waals surface area contributed by atoms with E-state index in [1.807, 2.05) is 35.4 Å². The molecule has 27 heavy (non-hydrogen) atoms. The Morgan fingerprint density at radius 2 is 2.07 bits per heavy atom. The highest BCUT2D eigenvalue weighted by atomic mass is 16.5. The van der Waals surface area contributed by atoms with Gasteiger partial charge in [-0.05, 0) is 58.1 Å². The second-order valence-electron chi connectivity index (χ2n) is 7.43. The molecule has 1 aliphatic heterocycles. The molecule has 1 amide bonds. The van der Waals surface area contributed by atoms with Gasteiger partial charge in [-0.2, -0.15) is 0 Å². The van der Waals surface area contributed by atoms with Crippen LogP contribution in [0.25, 0.3) is 0 Å². The number of carbonyl (C=O) groups excluding carboxylic acids is 1. The Kier molecular flexibility index (Phi) is 6.50. The fourth-order valence-electron chi connectivity index (χ4n) is 3.71. The summed E-state index contributed by atoms with van der Waals surface area (Å²) in [6.07, 6.45) is 7.02. The van der Waals surface area contributed by atoms with Crippen molar-refractivity contribution in [3.05, 3.63) is 48.0 Å². The standard InChI is InChI=1S/C21H30N4O2/c1-23(2)11-5-12-24-15-10-22-20(24)17-8-13-25(14-9-17)21(26)18-6-4-7-19(16-18)27-3/h4,6-7,10,15-17H,5,8-9,11-14H2,1-3H3. The van der Waals surface area contributed by atoms with Gasteiger partial charge < -0.3 is 19.1 Å². The van der Waals surface area contributed by atoms with Crippen LogP contribution in [0.3, 0.4) is 0 Å². The Hall–Kier alpha value is -2.34. The third kappa shape index (κ3) is 4.89. The third-order valence-corrected chi connectivity index (χ3v) is 5.22. The summed E-state index contributed by atoms with van der Waals surface area (Å²) in [5.41, 5.74) is 0.693. The summed E-state index contributed by atoms with van der Waals surface area (Å²) in [4.78, 5) is 21.6. The average Bonchev–Trinajstić information content (AvgIpc) is 3.16. The van der Waals surface area contributed by atoms with E-state index in [1.54, 1.807) is 7.11 Å². The number of carbonyl (C=O) groups is 1. The van der Waals surface area contributed by atoms with E-state index in [-0.39, 0.29) is 5.91 Å². The van der Waals surface area contributed by atoms with Gasteiger partial charge in [0, 0.05) is 43.5 Å². The predicted molar refractivity (Wildman–Crippen MR) is 106 cm³/mol. The van der Waals surface area contributed by atoms with Gasteiger partial charge in [0.05, 0.1) is 7.11 Å². The Labute approximate surface area is 161 Å². The van der Waals surface area contributed by atoms with Crippen molar-refractivity contribution in [2.75, 3.05) is 40.8 Å². The Balaban J connectivity index is 1.57. The zero-order valence-electron chi connectivity index (χ0n) is 16.6. The SMILES string of the molecule is COc1cccc(C(=O)N2CCC(c3nccn3CCCN(C)C)CC2)c1. The number of methoxy groups -OCH3 is 1. The van der Waals surface area contributed by atoms with Gasteiger partial charge in [0.25, 0.3) is 5.91 Å². The van der Waals surface area contributed by atoms with Crippen LogP contribution in [-0.4, -0.2) is 66.1 Å². The number of amides is 1. The second kappa shape index (κ2) is 9.04. The monoisotopic (exact) mass is 370 g/mol. The molecule has 1 aromatic carbocycles. The molecule has 0 atom stereocenters. The fourth-order valence-corrected chi connectivity index (χ4v) is 3.71. The number of imidazole rings is 1. The molecular weight excluding hydrogens is 340 g/mol. The molecule has 0 aliphatic carbocycles. The molecule has 1 aromatic heterocycles.